The van der Waals surface area contributed by atoms with Crippen LogP contribution in [0, 0.1) is 11.3 Å². The molecule has 0 saturated carbocycles. The second kappa shape index (κ2) is 8.43. The van der Waals surface area contributed by atoms with Crippen LogP contribution in [-0.2, 0) is 4.79 Å². The third kappa shape index (κ3) is 5.10. The van der Waals surface area contributed by atoms with Crippen LogP contribution in [0.1, 0.15) is 6.42 Å². The number of nitrogens with zero attached hydrogens (tertiary/aromatic N) is 1. The van der Waals surface area contributed by atoms with Crippen LogP contribution in [0.3, 0.4) is 0 Å². The Bertz CT molecular complexity index is 553. The predicted octanol–water partition coefficient (Wildman–Crippen LogP) is 2.31. The Morgan fingerprint density at radius 3 is 2.85 bits per heavy atom. The quantitative estimate of drug-likeness (QED) is 0.427. The fourth-order valence-corrected chi connectivity index (χ4v) is 1.62. The number of carbonyl (C=O) groups excluding carboxylic acids is 1. The van der Waals surface area contributed by atoms with Crippen molar-refractivity contribution < 1.29 is 9.90 Å². The largest absolute Gasteiger partial charge is 0.396 e. The molecule has 3 N–H and O–H groups in total. The molecule has 106 valence electrons. The van der Waals surface area contributed by atoms with Crippen molar-refractivity contribution in [3.63, 3.8) is 0 Å². The molecule has 0 aliphatic rings. The van der Waals surface area contributed by atoms with Crippen molar-refractivity contribution in [1.82, 2.24) is 5.32 Å². The molecule has 1 aromatic rings. The van der Waals surface area contributed by atoms with Gasteiger partial charge in [-0.1, -0.05) is 23.2 Å². The summed E-state index contributed by atoms with van der Waals surface area (Å²) in [5.41, 5.74) is 0.236. The first-order valence-electron chi connectivity index (χ1n) is 5.79. The highest BCUT2D eigenvalue weighted by Gasteiger charge is 2.11. The third-order valence-electron chi connectivity index (χ3n) is 2.27. The monoisotopic (exact) mass is 313 g/mol. The minimum atomic E-state index is -0.590. The van der Waals surface area contributed by atoms with E-state index in [1.54, 1.807) is 18.2 Å². The van der Waals surface area contributed by atoms with Crippen molar-refractivity contribution in [2.24, 2.45) is 0 Å². The first kappa shape index (κ1) is 16.3. The molecule has 1 rings (SSSR count). The Balaban J connectivity index is 2.73. The molecular weight excluding hydrogens is 301 g/mol. The van der Waals surface area contributed by atoms with Crippen molar-refractivity contribution in [1.29, 1.82) is 5.26 Å². The van der Waals surface area contributed by atoms with E-state index >= 15 is 0 Å². The molecule has 0 bridgehead atoms. The molecule has 0 saturated heterocycles. The zero-order valence-corrected chi connectivity index (χ0v) is 12.0. The summed E-state index contributed by atoms with van der Waals surface area (Å²) < 4.78 is 0. The summed E-state index contributed by atoms with van der Waals surface area (Å²) in [6, 6.07) is 6.42. The first-order chi connectivity index (χ1) is 9.58. The molecule has 0 aromatic heterocycles. The van der Waals surface area contributed by atoms with Gasteiger partial charge in [-0.15, -0.1) is 0 Å². The van der Waals surface area contributed by atoms with Crippen LogP contribution >= 0.6 is 23.2 Å². The number of anilines is 1. The molecule has 1 amide bonds. The molecule has 0 unspecified atom stereocenters. The van der Waals surface area contributed by atoms with Crippen molar-refractivity contribution in [2.45, 2.75) is 6.42 Å². The molecule has 1 aromatic carbocycles. The molecule has 0 radical (unpaired) electrons. The molecule has 0 heterocycles. The number of nitrogens with one attached hydrogen (secondary N) is 2. The minimum absolute atomic E-state index is 0.0348. The van der Waals surface area contributed by atoms with Crippen LogP contribution in [0.25, 0.3) is 0 Å². The molecule has 7 heteroatoms. The summed E-state index contributed by atoms with van der Waals surface area (Å²) in [5.74, 6) is -0.590. The van der Waals surface area contributed by atoms with Crippen LogP contribution < -0.4 is 10.6 Å². The Morgan fingerprint density at radius 2 is 2.20 bits per heavy atom. The van der Waals surface area contributed by atoms with E-state index in [0.29, 0.717) is 28.7 Å². The van der Waals surface area contributed by atoms with Crippen molar-refractivity contribution in [2.75, 3.05) is 18.5 Å². The Labute approximate surface area is 126 Å². The number of halogens is 2. The van der Waals surface area contributed by atoms with Gasteiger partial charge in [-0.2, -0.15) is 5.26 Å². The molecule has 0 aliphatic carbocycles. The number of aliphatic hydroxyl groups excluding tert-OH is 1. The summed E-state index contributed by atoms with van der Waals surface area (Å²) in [4.78, 5) is 11.9. The number of carbonyl (C=O) groups is 1. The average molecular weight is 314 g/mol. The standard InChI is InChI=1S/C13H13Cl2N3O2/c14-10-2-3-11(15)12(6-10)18-13(20)9(7-16)8-17-4-1-5-19/h2-3,6,8,17,19H,1,4-5H2,(H,18,20)/b9-8-. The molecule has 20 heavy (non-hydrogen) atoms. The fourth-order valence-electron chi connectivity index (χ4n) is 1.29. The number of amides is 1. The van der Waals surface area contributed by atoms with Crippen molar-refractivity contribution in [3.05, 3.63) is 40.0 Å². The number of benzene rings is 1. The van der Waals surface area contributed by atoms with Gasteiger partial charge in [0.05, 0.1) is 10.7 Å². The van der Waals surface area contributed by atoms with Gasteiger partial charge in [-0.05, 0) is 24.6 Å². The lowest BCUT2D eigenvalue weighted by molar-refractivity contribution is -0.112. The van der Waals surface area contributed by atoms with E-state index in [4.69, 9.17) is 33.6 Å². The topological polar surface area (TPSA) is 85.2 Å². The van der Waals surface area contributed by atoms with Crippen LogP contribution in [0.4, 0.5) is 5.69 Å². The Morgan fingerprint density at radius 1 is 1.45 bits per heavy atom. The Kier molecular flexibility index (Phi) is 6.88. The summed E-state index contributed by atoms with van der Waals surface area (Å²) in [6.45, 7) is 0.500. The normalized spacial score (nSPS) is 10.8. The number of nitriles is 1. The molecule has 0 atom stereocenters. The van der Waals surface area contributed by atoms with Gasteiger partial charge in [-0.3, -0.25) is 4.79 Å². The zero-order valence-electron chi connectivity index (χ0n) is 10.5. The van der Waals surface area contributed by atoms with Crippen LogP contribution in [0.5, 0.6) is 0 Å². The lowest BCUT2D eigenvalue weighted by Gasteiger charge is -2.07. The maximum absolute atomic E-state index is 11.9. The van der Waals surface area contributed by atoms with Gasteiger partial charge < -0.3 is 15.7 Å². The number of aliphatic hydroxyl groups is 1. The first-order valence-corrected chi connectivity index (χ1v) is 6.55. The summed E-state index contributed by atoms with van der Waals surface area (Å²) in [5, 5.41) is 23.6. The summed E-state index contributed by atoms with van der Waals surface area (Å²) >= 11 is 11.7. The predicted molar refractivity (Wildman–Crippen MR) is 78.5 cm³/mol. The van der Waals surface area contributed by atoms with E-state index in [1.165, 1.54) is 12.3 Å². The summed E-state index contributed by atoms with van der Waals surface area (Å²) in [6.07, 6.45) is 1.82. The fraction of sp³-hybridized carbons (Fsp3) is 0.231. The molecule has 0 fully saturated rings. The second-order valence-corrected chi connectivity index (χ2v) is 4.62. The lowest BCUT2D eigenvalue weighted by atomic mass is 10.2. The van der Waals surface area contributed by atoms with E-state index in [-0.39, 0.29) is 12.2 Å². The molecular formula is C13H13Cl2N3O2. The highest BCUT2D eigenvalue weighted by molar-refractivity contribution is 6.35. The van der Waals surface area contributed by atoms with Crippen LogP contribution in [0.15, 0.2) is 30.0 Å². The SMILES string of the molecule is N#C/C(=C/NCCCO)C(=O)Nc1cc(Cl)ccc1Cl. The van der Waals surface area contributed by atoms with Gasteiger partial charge in [0.15, 0.2) is 0 Å². The minimum Gasteiger partial charge on any atom is -0.396 e. The molecule has 0 aliphatic heterocycles. The van der Waals surface area contributed by atoms with Crippen molar-refractivity contribution >= 4 is 34.8 Å². The van der Waals surface area contributed by atoms with Crippen LogP contribution in [0.2, 0.25) is 10.0 Å². The van der Waals surface area contributed by atoms with E-state index in [1.807, 2.05) is 0 Å². The number of rotatable bonds is 6. The second-order valence-electron chi connectivity index (χ2n) is 3.78. The maximum atomic E-state index is 11.9. The highest BCUT2D eigenvalue weighted by Crippen LogP contribution is 2.25. The number of hydrogen-bond acceptors (Lipinski definition) is 4. The van der Waals surface area contributed by atoms with Crippen molar-refractivity contribution in [3.8, 4) is 6.07 Å². The summed E-state index contributed by atoms with van der Waals surface area (Å²) in [7, 11) is 0. The maximum Gasteiger partial charge on any atom is 0.267 e. The number of hydrogen-bond donors (Lipinski definition) is 3. The van der Waals surface area contributed by atoms with E-state index in [9.17, 15) is 4.79 Å². The zero-order chi connectivity index (χ0) is 15.0. The van der Waals surface area contributed by atoms with Gasteiger partial charge in [0.1, 0.15) is 11.6 Å². The molecule has 5 nitrogen and oxygen atoms in total. The lowest BCUT2D eigenvalue weighted by Crippen LogP contribution is -2.17. The van der Waals surface area contributed by atoms with Gasteiger partial charge >= 0.3 is 0 Å². The van der Waals surface area contributed by atoms with E-state index in [2.05, 4.69) is 10.6 Å². The van der Waals surface area contributed by atoms with Gasteiger partial charge in [-0.25, -0.2) is 0 Å². The van der Waals surface area contributed by atoms with Gasteiger partial charge in [0.2, 0.25) is 0 Å². The van der Waals surface area contributed by atoms with E-state index < -0.39 is 5.91 Å². The molecule has 0 spiro atoms. The highest BCUT2D eigenvalue weighted by atomic mass is 35.5. The smallest absolute Gasteiger partial charge is 0.267 e. The van der Waals surface area contributed by atoms with Gasteiger partial charge in [0, 0.05) is 24.4 Å². The third-order valence-corrected chi connectivity index (χ3v) is 2.83. The van der Waals surface area contributed by atoms with Gasteiger partial charge in [0.25, 0.3) is 5.91 Å². The Hall–Kier alpha value is -1.74. The average Bonchev–Trinajstić information content (AvgIpc) is 2.43. The van der Waals surface area contributed by atoms with Crippen LogP contribution in [-0.4, -0.2) is 24.2 Å². The van der Waals surface area contributed by atoms with E-state index in [0.717, 1.165) is 0 Å².